The van der Waals surface area contributed by atoms with Crippen molar-refractivity contribution in [2.45, 2.75) is 45.3 Å². The maximum Gasteiger partial charge on any atom is 0.254 e. The number of benzene rings is 1. The highest BCUT2D eigenvalue weighted by molar-refractivity contribution is 6.31. The van der Waals surface area contributed by atoms with Crippen LogP contribution in [0.3, 0.4) is 0 Å². The predicted octanol–water partition coefficient (Wildman–Crippen LogP) is 3.02. The molecule has 1 aliphatic rings. The van der Waals surface area contributed by atoms with Gasteiger partial charge in [-0.25, -0.2) is 0 Å². The van der Waals surface area contributed by atoms with E-state index in [2.05, 4.69) is 0 Å². The van der Waals surface area contributed by atoms with Crippen molar-refractivity contribution in [1.29, 1.82) is 0 Å². The van der Waals surface area contributed by atoms with Crippen LogP contribution in [0.2, 0.25) is 5.02 Å². The zero-order valence-electron chi connectivity index (χ0n) is 11.4. The van der Waals surface area contributed by atoms with E-state index in [1.54, 1.807) is 13.0 Å². The van der Waals surface area contributed by atoms with Crippen molar-refractivity contribution in [3.8, 4) is 0 Å². The predicted molar refractivity (Wildman–Crippen MR) is 76.5 cm³/mol. The summed E-state index contributed by atoms with van der Waals surface area (Å²) in [6.45, 7) is 4.46. The molecule has 1 saturated heterocycles. The van der Waals surface area contributed by atoms with E-state index in [0.717, 1.165) is 24.9 Å². The number of amides is 1. The number of carbonyl (C=O) groups is 1. The molecule has 2 unspecified atom stereocenters. The van der Waals surface area contributed by atoms with E-state index in [1.807, 2.05) is 24.0 Å². The minimum absolute atomic E-state index is 0.0220. The molecule has 19 heavy (non-hydrogen) atoms. The molecule has 1 heterocycles. The number of halogens is 1. The number of hydrogen-bond donors (Lipinski definition) is 1. The van der Waals surface area contributed by atoms with E-state index in [9.17, 15) is 9.90 Å². The Bertz CT molecular complexity index is 453. The average Bonchev–Trinajstić information content (AvgIpc) is 2.73. The van der Waals surface area contributed by atoms with Crippen molar-refractivity contribution in [1.82, 2.24) is 4.90 Å². The maximum atomic E-state index is 12.5. The van der Waals surface area contributed by atoms with Gasteiger partial charge in [0.2, 0.25) is 0 Å². The van der Waals surface area contributed by atoms with Crippen LogP contribution in [-0.2, 0) is 0 Å². The number of nitrogens with zero attached hydrogens (tertiary/aromatic N) is 1. The zero-order chi connectivity index (χ0) is 14.0. The number of likely N-dealkylation sites (tertiary alicyclic amines) is 1. The number of aliphatic hydroxyl groups excluding tert-OH is 1. The van der Waals surface area contributed by atoms with Gasteiger partial charge in [-0.05, 0) is 56.9 Å². The Morgan fingerprint density at radius 1 is 1.53 bits per heavy atom. The Kier molecular flexibility index (Phi) is 4.48. The molecule has 0 bridgehead atoms. The van der Waals surface area contributed by atoms with Crippen molar-refractivity contribution in [2.24, 2.45) is 0 Å². The molecular weight excluding hydrogens is 262 g/mol. The van der Waals surface area contributed by atoms with Crippen LogP contribution in [0.4, 0.5) is 0 Å². The zero-order valence-corrected chi connectivity index (χ0v) is 12.2. The summed E-state index contributed by atoms with van der Waals surface area (Å²) < 4.78 is 0. The van der Waals surface area contributed by atoms with Gasteiger partial charge in [0.25, 0.3) is 5.91 Å². The Morgan fingerprint density at radius 3 is 2.89 bits per heavy atom. The fourth-order valence-electron chi connectivity index (χ4n) is 2.77. The first-order valence-electron chi connectivity index (χ1n) is 6.73. The van der Waals surface area contributed by atoms with Crippen LogP contribution < -0.4 is 0 Å². The summed E-state index contributed by atoms with van der Waals surface area (Å²) in [7, 11) is 0. The summed E-state index contributed by atoms with van der Waals surface area (Å²) in [6.07, 6.45) is 2.24. The fraction of sp³-hybridized carbons (Fsp3) is 0.533. The molecule has 1 N–H and O–H groups in total. The molecule has 104 valence electrons. The normalized spacial score (nSPS) is 20.6. The van der Waals surface area contributed by atoms with Crippen molar-refractivity contribution < 1.29 is 9.90 Å². The quantitative estimate of drug-likeness (QED) is 0.925. The summed E-state index contributed by atoms with van der Waals surface area (Å²) >= 11 is 6.01. The van der Waals surface area contributed by atoms with E-state index in [1.165, 1.54) is 0 Å². The number of aryl methyl sites for hydroxylation is 1. The summed E-state index contributed by atoms with van der Waals surface area (Å²) in [5.74, 6) is 0.0220. The van der Waals surface area contributed by atoms with Crippen LogP contribution in [0.5, 0.6) is 0 Å². The van der Waals surface area contributed by atoms with Crippen LogP contribution >= 0.6 is 11.6 Å². The fourth-order valence-corrected chi connectivity index (χ4v) is 3.06. The highest BCUT2D eigenvalue weighted by atomic mass is 35.5. The summed E-state index contributed by atoms with van der Waals surface area (Å²) in [6, 6.07) is 5.57. The van der Waals surface area contributed by atoms with E-state index >= 15 is 0 Å². The molecule has 1 aromatic rings. The van der Waals surface area contributed by atoms with Gasteiger partial charge in [0.15, 0.2) is 0 Å². The Labute approximate surface area is 119 Å². The molecule has 1 aromatic carbocycles. The second kappa shape index (κ2) is 5.93. The monoisotopic (exact) mass is 281 g/mol. The van der Waals surface area contributed by atoms with Crippen molar-refractivity contribution in [3.63, 3.8) is 0 Å². The molecule has 2 atom stereocenters. The van der Waals surface area contributed by atoms with Gasteiger partial charge in [-0.15, -0.1) is 0 Å². The molecular formula is C15H20ClNO2. The molecule has 1 aliphatic heterocycles. The third-order valence-electron chi connectivity index (χ3n) is 3.54. The highest BCUT2D eigenvalue weighted by Crippen LogP contribution is 2.25. The van der Waals surface area contributed by atoms with Crippen molar-refractivity contribution in [2.75, 3.05) is 6.54 Å². The third kappa shape index (κ3) is 3.48. The average molecular weight is 282 g/mol. The van der Waals surface area contributed by atoms with E-state index in [0.29, 0.717) is 17.0 Å². The number of aliphatic hydroxyl groups is 1. The molecule has 0 aliphatic carbocycles. The molecule has 1 fully saturated rings. The lowest BCUT2D eigenvalue weighted by Gasteiger charge is -2.26. The molecule has 2 rings (SSSR count). The van der Waals surface area contributed by atoms with Gasteiger partial charge in [0.05, 0.1) is 6.10 Å². The Morgan fingerprint density at radius 2 is 2.26 bits per heavy atom. The molecule has 4 heteroatoms. The Balaban J connectivity index is 2.18. The molecule has 0 spiro atoms. The van der Waals surface area contributed by atoms with Crippen LogP contribution in [0, 0.1) is 6.92 Å². The van der Waals surface area contributed by atoms with E-state index in [4.69, 9.17) is 11.6 Å². The molecule has 1 amide bonds. The minimum atomic E-state index is -0.375. The minimum Gasteiger partial charge on any atom is -0.393 e. The first-order valence-corrected chi connectivity index (χ1v) is 7.11. The first kappa shape index (κ1) is 14.4. The topological polar surface area (TPSA) is 40.5 Å². The number of carbonyl (C=O) groups excluding carboxylic acids is 1. The van der Waals surface area contributed by atoms with Crippen LogP contribution in [0.15, 0.2) is 18.2 Å². The van der Waals surface area contributed by atoms with Crippen LogP contribution in [-0.4, -0.2) is 34.6 Å². The molecule has 0 saturated carbocycles. The largest absolute Gasteiger partial charge is 0.393 e. The summed E-state index contributed by atoms with van der Waals surface area (Å²) in [4.78, 5) is 14.4. The summed E-state index contributed by atoms with van der Waals surface area (Å²) in [5.41, 5.74) is 1.63. The maximum absolute atomic E-state index is 12.5. The molecule has 0 aromatic heterocycles. The van der Waals surface area contributed by atoms with E-state index in [-0.39, 0.29) is 18.1 Å². The van der Waals surface area contributed by atoms with E-state index < -0.39 is 0 Å². The van der Waals surface area contributed by atoms with Gasteiger partial charge in [-0.2, -0.15) is 0 Å². The van der Waals surface area contributed by atoms with Crippen molar-refractivity contribution >= 4 is 17.5 Å². The van der Waals surface area contributed by atoms with Crippen LogP contribution in [0.1, 0.15) is 42.1 Å². The second-order valence-corrected chi connectivity index (χ2v) is 5.83. The highest BCUT2D eigenvalue weighted by Gasteiger charge is 2.30. The van der Waals surface area contributed by atoms with Gasteiger partial charge >= 0.3 is 0 Å². The van der Waals surface area contributed by atoms with Gasteiger partial charge in [-0.3, -0.25) is 4.79 Å². The second-order valence-electron chi connectivity index (χ2n) is 5.40. The van der Waals surface area contributed by atoms with Gasteiger partial charge < -0.3 is 10.0 Å². The molecule has 0 radical (unpaired) electrons. The number of hydrogen-bond acceptors (Lipinski definition) is 2. The summed E-state index contributed by atoms with van der Waals surface area (Å²) in [5, 5.41) is 10.1. The Hall–Kier alpha value is -1.06. The third-order valence-corrected chi connectivity index (χ3v) is 3.76. The lowest BCUT2D eigenvalue weighted by atomic mass is 10.1. The van der Waals surface area contributed by atoms with Crippen molar-refractivity contribution in [3.05, 3.63) is 34.3 Å². The van der Waals surface area contributed by atoms with Gasteiger partial charge in [0.1, 0.15) is 0 Å². The number of rotatable bonds is 3. The standard InChI is InChI=1S/C15H20ClNO2/c1-10-6-12(9-13(16)7-10)15(19)17-5-3-4-14(17)8-11(2)18/h6-7,9,11,14,18H,3-5,8H2,1-2H3. The van der Waals surface area contributed by atoms with Crippen LogP contribution in [0.25, 0.3) is 0 Å². The van der Waals surface area contributed by atoms with Gasteiger partial charge in [-0.1, -0.05) is 11.6 Å². The van der Waals surface area contributed by atoms with Gasteiger partial charge in [0, 0.05) is 23.2 Å². The first-order chi connectivity index (χ1) is 8.97. The lowest BCUT2D eigenvalue weighted by molar-refractivity contribution is 0.0682. The SMILES string of the molecule is Cc1cc(Cl)cc(C(=O)N2CCCC2CC(C)O)c1. The molecule has 3 nitrogen and oxygen atoms in total. The smallest absolute Gasteiger partial charge is 0.254 e. The lowest BCUT2D eigenvalue weighted by Crippen LogP contribution is -2.37.